The number of nitrogens with zero attached hydrogens (tertiary/aromatic N) is 2. The summed E-state index contributed by atoms with van der Waals surface area (Å²) >= 11 is 12.6. The van der Waals surface area contributed by atoms with Gasteiger partial charge in [0.1, 0.15) is 5.82 Å². The molecule has 0 aliphatic carbocycles. The summed E-state index contributed by atoms with van der Waals surface area (Å²) in [6.07, 6.45) is 0.0469. The molecule has 0 aliphatic rings. The zero-order chi connectivity index (χ0) is 21.4. The standard InChI is InChI=1S/C22H18Cl2FN3O2/c1-12-8-14(30-27-12)11-28(2)20(29)10-17-16-9-13(25)6-7-19(16)26-22(17)15-4-3-5-18(23)21(15)24/h3-9,26H,10-11H2,1-2H3. The van der Waals surface area contributed by atoms with Crippen LogP contribution in [0.5, 0.6) is 0 Å². The largest absolute Gasteiger partial charge is 0.359 e. The predicted molar refractivity (Wildman–Crippen MR) is 115 cm³/mol. The Bertz CT molecular complexity index is 1250. The van der Waals surface area contributed by atoms with Crippen LogP contribution in [0.3, 0.4) is 0 Å². The van der Waals surface area contributed by atoms with Crippen molar-refractivity contribution in [1.82, 2.24) is 15.0 Å². The van der Waals surface area contributed by atoms with E-state index in [-0.39, 0.29) is 24.7 Å². The fourth-order valence-electron chi connectivity index (χ4n) is 3.43. The number of aromatic amines is 1. The van der Waals surface area contributed by atoms with Crippen molar-refractivity contribution in [3.63, 3.8) is 0 Å². The number of H-pyrrole nitrogens is 1. The molecule has 0 unspecified atom stereocenters. The second-order valence-corrected chi connectivity index (χ2v) is 7.92. The number of carbonyl (C=O) groups excluding carboxylic acids is 1. The van der Waals surface area contributed by atoms with Gasteiger partial charge in [0.15, 0.2) is 5.76 Å². The number of hydrogen-bond acceptors (Lipinski definition) is 3. The van der Waals surface area contributed by atoms with E-state index in [2.05, 4.69) is 10.1 Å². The van der Waals surface area contributed by atoms with Crippen LogP contribution < -0.4 is 0 Å². The first-order chi connectivity index (χ1) is 14.3. The lowest BCUT2D eigenvalue weighted by molar-refractivity contribution is -0.129. The molecule has 0 spiro atoms. The number of carbonyl (C=O) groups is 1. The summed E-state index contributed by atoms with van der Waals surface area (Å²) in [6.45, 7) is 2.10. The molecular weight excluding hydrogens is 428 g/mol. The third-order valence-corrected chi connectivity index (χ3v) is 5.73. The van der Waals surface area contributed by atoms with Gasteiger partial charge in [0.2, 0.25) is 5.91 Å². The van der Waals surface area contributed by atoms with Crippen molar-refractivity contribution < 1.29 is 13.7 Å². The lowest BCUT2D eigenvalue weighted by atomic mass is 10.0. The third-order valence-electron chi connectivity index (χ3n) is 4.91. The smallest absolute Gasteiger partial charge is 0.227 e. The van der Waals surface area contributed by atoms with Crippen molar-refractivity contribution >= 4 is 40.0 Å². The topological polar surface area (TPSA) is 62.1 Å². The molecule has 0 bridgehead atoms. The summed E-state index contributed by atoms with van der Waals surface area (Å²) in [6, 6.07) is 11.5. The molecule has 4 rings (SSSR count). The van der Waals surface area contributed by atoms with Gasteiger partial charge in [-0.2, -0.15) is 0 Å². The van der Waals surface area contributed by atoms with Gasteiger partial charge in [-0.1, -0.05) is 40.5 Å². The fraction of sp³-hybridized carbons (Fsp3) is 0.182. The lowest BCUT2D eigenvalue weighted by Gasteiger charge is -2.16. The van der Waals surface area contributed by atoms with Crippen molar-refractivity contribution in [2.75, 3.05) is 7.05 Å². The van der Waals surface area contributed by atoms with Crippen molar-refractivity contribution in [1.29, 1.82) is 0 Å². The normalized spacial score (nSPS) is 11.2. The molecule has 4 aromatic rings. The summed E-state index contributed by atoms with van der Waals surface area (Å²) in [4.78, 5) is 17.8. The predicted octanol–water partition coefficient (Wildman–Crippen LogP) is 5.78. The molecule has 0 saturated heterocycles. The Kier molecular flexibility index (Phi) is 5.54. The Labute approximate surface area is 182 Å². The minimum absolute atomic E-state index is 0.0469. The first-order valence-electron chi connectivity index (χ1n) is 9.24. The lowest BCUT2D eigenvalue weighted by Crippen LogP contribution is -2.27. The van der Waals surface area contributed by atoms with Crippen LogP contribution in [0.15, 0.2) is 47.0 Å². The van der Waals surface area contributed by atoms with E-state index in [1.807, 2.05) is 13.0 Å². The molecule has 30 heavy (non-hydrogen) atoms. The van der Waals surface area contributed by atoms with Gasteiger partial charge in [0, 0.05) is 29.6 Å². The van der Waals surface area contributed by atoms with Crippen LogP contribution in [-0.4, -0.2) is 28.0 Å². The first kappa shape index (κ1) is 20.4. The number of halogens is 3. The molecule has 0 fully saturated rings. The number of hydrogen-bond donors (Lipinski definition) is 1. The molecule has 5 nitrogen and oxygen atoms in total. The molecule has 0 radical (unpaired) electrons. The first-order valence-corrected chi connectivity index (χ1v) is 9.99. The van der Waals surface area contributed by atoms with E-state index in [1.54, 1.807) is 36.2 Å². The van der Waals surface area contributed by atoms with Crippen LogP contribution in [-0.2, 0) is 17.8 Å². The number of amides is 1. The van der Waals surface area contributed by atoms with Gasteiger partial charge in [-0.15, -0.1) is 0 Å². The van der Waals surface area contributed by atoms with Crippen LogP contribution in [0, 0.1) is 12.7 Å². The maximum atomic E-state index is 14.0. The molecule has 154 valence electrons. The number of rotatable bonds is 5. The fourth-order valence-corrected chi connectivity index (χ4v) is 3.82. The van der Waals surface area contributed by atoms with Crippen LogP contribution in [0.1, 0.15) is 17.0 Å². The number of fused-ring (bicyclic) bond motifs is 1. The number of nitrogens with one attached hydrogen (secondary N) is 1. The molecule has 2 aromatic heterocycles. The van der Waals surface area contributed by atoms with E-state index in [9.17, 15) is 9.18 Å². The van der Waals surface area contributed by atoms with Gasteiger partial charge in [0.05, 0.1) is 34.4 Å². The Hall–Kier alpha value is -2.83. The molecule has 0 aliphatic heterocycles. The summed E-state index contributed by atoms with van der Waals surface area (Å²) in [5.41, 5.74) is 3.39. The number of aryl methyl sites for hydroxylation is 1. The summed E-state index contributed by atoms with van der Waals surface area (Å²) in [5.74, 6) is 0.0458. The minimum Gasteiger partial charge on any atom is -0.359 e. The molecule has 2 heterocycles. The van der Waals surface area contributed by atoms with E-state index in [0.29, 0.717) is 43.5 Å². The molecule has 1 N–H and O–H groups in total. The Morgan fingerprint density at radius 1 is 1.23 bits per heavy atom. The SMILES string of the molecule is Cc1cc(CN(C)C(=O)Cc2c(-c3cccc(Cl)c3Cl)[nH]c3ccc(F)cc23)on1. The monoisotopic (exact) mass is 445 g/mol. The van der Waals surface area contributed by atoms with Crippen LogP contribution in [0.25, 0.3) is 22.2 Å². The van der Waals surface area contributed by atoms with Crippen molar-refractivity contribution in [3.05, 3.63) is 75.3 Å². The highest BCUT2D eigenvalue weighted by atomic mass is 35.5. The van der Waals surface area contributed by atoms with E-state index in [4.69, 9.17) is 27.7 Å². The highest BCUT2D eigenvalue weighted by Gasteiger charge is 2.21. The molecule has 1 amide bonds. The maximum Gasteiger partial charge on any atom is 0.227 e. The van der Waals surface area contributed by atoms with Gasteiger partial charge < -0.3 is 14.4 Å². The zero-order valence-electron chi connectivity index (χ0n) is 16.3. The third kappa shape index (κ3) is 3.93. The average molecular weight is 446 g/mol. The van der Waals surface area contributed by atoms with E-state index < -0.39 is 0 Å². The van der Waals surface area contributed by atoms with Gasteiger partial charge in [-0.05, 0) is 36.8 Å². The van der Waals surface area contributed by atoms with E-state index >= 15 is 0 Å². The quantitative estimate of drug-likeness (QED) is 0.423. The van der Waals surface area contributed by atoms with Crippen LogP contribution >= 0.6 is 23.2 Å². The highest BCUT2D eigenvalue weighted by molar-refractivity contribution is 6.43. The number of likely N-dealkylation sites (N-methyl/N-ethyl adjacent to an activating group) is 1. The highest BCUT2D eigenvalue weighted by Crippen LogP contribution is 2.38. The minimum atomic E-state index is -0.385. The Balaban J connectivity index is 1.74. The van der Waals surface area contributed by atoms with Gasteiger partial charge in [-0.3, -0.25) is 4.79 Å². The molecule has 0 atom stereocenters. The van der Waals surface area contributed by atoms with Crippen molar-refractivity contribution in [3.8, 4) is 11.3 Å². The second-order valence-electron chi connectivity index (χ2n) is 7.13. The second kappa shape index (κ2) is 8.13. The summed E-state index contributed by atoms with van der Waals surface area (Å²) < 4.78 is 19.2. The van der Waals surface area contributed by atoms with Crippen LogP contribution in [0.4, 0.5) is 4.39 Å². The van der Waals surface area contributed by atoms with Gasteiger partial charge in [0.25, 0.3) is 0 Å². The zero-order valence-corrected chi connectivity index (χ0v) is 17.8. The molecular formula is C22H18Cl2FN3O2. The maximum absolute atomic E-state index is 14.0. The van der Waals surface area contributed by atoms with Gasteiger partial charge in [-0.25, -0.2) is 4.39 Å². The van der Waals surface area contributed by atoms with Crippen molar-refractivity contribution in [2.24, 2.45) is 0 Å². The Morgan fingerprint density at radius 3 is 2.77 bits per heavy atom. The Morgan fingerprint density at radius 2 is 2.03 bits per heavy atom. The van der Waals surface area contributed by atoms with Crippen molar-refractivity contribution in [2.45, 2.75) is 19.9 Å². The summed E-state index contributed by atoms with van der Waals surface area (Å²) in [5, 5.41) is 5.23. The van der Waals surface area contributed by atoms with Crippen LogP contribution in [0.2, 0.25) is 10.0 Å². The summed E-state index contributed by atoms with van der Waals surface area (Å²) in [7, 11) is 1.68. The van der Waals surface area contributed by atoms with Gasteiger partial charge >= 0.3 is 0 Å². The van der Waals surface area contributed by atoms with E-state index in [0.717, 1.165) is 5.69 Å². The number of benzene rings is 2. The molecule has 8 heteroatoms. The average Bonchev–Trinajstić information content (AvgIpc) is 3.27. The molecule has 2 aromatic carbocycles. The van der Waals surface area contributed by atoms with E-state index in [1.165, 1.54) is 12.1 Å². The molecule has 0 saturated carbocycles. The number of aromatic nitrogens is 2.